The number of aromatic nitrogens is 3. The number of hydrogen-bond acceptors (Lipinski definition) is 5. The van der Waals surface area contributed by atoms with Crippen LogP contribution in [0.4, 0.5) is 14.6 Å². The van der Waals surface area contributed by atoms with Crippen LogP contribution < -0.4 is 4.90 Å². The van der Waals surface area contributed by atoms with Crippen molar-refractivity contribution in [3.8, 4) is 0 Å². The van der Waals surface area contributed by atoms with Crippen LogP contribution in [0.25, 0.3) is 11.0 Å². The molecule has 30 heavy (non-hydrogen) atoms. The van der Waals surface area contributed by atoms with Crippen molar-refractivity contribution in [3.63, 3.8) is 0 Å². The second-order valence-corrected chi connectivity index (χ2v) is 7.60. The molecule has 0 bridgehead atoms. The van der Waals surface area contributed by atoms with Crippen LogP contribution in [0.2, 0.25) is 0 Å². The number of allylic oxidation sites excluding steroid dienone is 1. The van der Waals surface area contributed by atoms with Crippen molar-refractivity contribution >= 4 is 28.8 Å². The second-order valence-electron chi connectivity index (χ2n) is 7.60. The van der Waals surface area contributed by atoms with Crippen LogP contribution in [-0.4, -0.2) is 40.3 Å². The predicted molar refractivity (Wildman–Crippen MR) is 110 cm³/mol. The first-order chi connectivity index (χ1) is 14.6. The fourth-order valence-electron chi connectivity index (χ4n) is 4.18. The minimum Gasteiger partial charge on any atom is -0.347 e. The number of nitrogens with zero attached hydrogens (tertiary/aromatic N) is 4. The molecule has 2 aromatic heterocycles. The van der Waals surface area contributed by atoms with Gasteiger partial charge in [-0.3, -0.25) is 14.9 Å². The number of nitrogens with one attached hydrogen (secondary N) is 1. The molecule has 0 spiro atoms. The molecule has 152 valence electrons. The Bertz CT molecular complexity index is 1200. The lowest BCUT2D eigenvalue weighted by Crippen LogP contribution is -2.24. The number of aliphatic imine (C=N–C) groups is 1. The maximum atomic E-state index is 14.4. The van der Waals surface area contributed by atoms with Gasteiger partial charge in [-0.05, 0) is 48.8 Å². The molecule has 1 atom stereocenters. The zero-order valence-electron chi connectivity index (χ0n) is 16.1. The SMILES string of the molecule is O=C(CC1=CC=NC1)c1cnc2[nH]nc(N3CCC[C@@H]3c3cc(F)ccc3F)c2c1. The first-order valence-electron chi connectivity index (χ1n) is 9.87. The third-order valence-corrected chi connectivity index (χ3v) is 5.66. The Hall–Kier alpha value is -3.42. The lowest BCUT2D eigenvalue weighted by Gasteiger charge is -2.25. The fourth-order valence-corrected chi connectivity index (χ4v) is 4.18. The number of carbonyl (C=O) groups is 1. The number of halogens is 2. The molecule has 8 heteroatoms. The molecular formula is C22H19F2N5O. The van der Waals surface area contributed by atoms with Gasteiger partial charge in [-0.2, -0.15) is 5.10 Å². The lowest BCUT2D eigenvalue weighted by molar-refractivity contribution is 0.0992. The van der Waals surface area contributed by atoms with Gasteiger partial charge in [0, 0.05) is 36.5 Å². The second kappa shape index (κ2) is 7.44. The van der Waals surface area contributed by atoms with Crippen LogP contribution in [0.15, 0.2) is 47.1 Å². The number of H-pyrrole nitrogens is 1. The lowest BCUT2D eigenvalue weighted by atomic mass is 10.0. The Morgan fingerprint density at radius 3 is 3.00 bits per heavy atom. The molecule has 1 fully saturated rings. The molecule has 5 rings (SSSR count). The zero-order chi connectivity index (χ0) is 20.7. The number of carbonyl (C=O) groups excluding carboxylic acids is 1. The Morgan fingerprint density at radius 1 is 1.27 bits per heavy atom. The summed E-state index contributed by atoms with van der Waals surface area (Å²) in [4.78, 5) is 23.1. The van der Waals surface area contributed by atoms with Crippen LogP contribution in [0.1, 0.15) is 41.2 Å². The highest BCUT2D eigenvalue weighted by molar-refractivity contribution is 6.02. The summed E-state index contributed by atoms with van der Waals surface area (Å²) in [6, 6.07) is 4.97. The summed E-state index contributed by atoms with van der Waals surface area (Å²) in [7, 11) is 0. The maximum absolute atomic E-state index is 14.4. The van der Waals surface area contributed by atoms with E-state index >= 15 is 0 Å². The third-order valence-electron chi connectivity index (χ3n) is 5.66. The molecule has 0 saturated carbocycles. The summed E-state index contributed by atoms with van der Waals surface area (Å²) < 4.78 is 28.2. The molecule has 3 aromatic rings. The number of hydrogen-bond donors (Lipinski definition) is 1. The summed E-state index contributed by atoms with van der Waals surface area (Å²) in [6.07, 6.45) is 6.91. The highest BCUT2D eigenvalue weighted by Crippen LogP contribution is 2.39. The van der Waals surface area contributed by atoms with Crippen LogP contribution in [0.5, 0.6) is 0 Å². The number of ketones is 1. The smallest absolute Gasteiger partial charge is 0.168 e. The van der Waals surface area contributed by atoms with E-state index in [9.17, 15) is 13.6 Å². The van der Waals surface area contributed by atoms with Crippen molar-refractivity contribution in [3.05, 3.63) is 64.9 Å². The van der Waals surface area contributed by atoms with Gasteiger partial charge in [0.2, 0.25) is 0 Å². The number of pyridine rings is 1. The molecule has 0 unspecified atom stereocenters. The van der Waals surface area contributed by atoms with Gasteiger partial charge in [-0.1, -0.05) is 0 Å². The van der Waals surface area contributed by atoms with E-state index in [1.807, 2.05) is 11.0 Å². The molecule has 2 aliphatic rings. The first kappa shape index (κ1) is 18.6. The molecule has 1 N–H and O–H groups in total. The summed E-state index contributed by atoms with van der Waals surface area (Å²) in [5.74, 6) is -0.344. The molecule has 1 saturated heterocycles. The van der Waals surface area contributed by atoms with E-state index in [2.05, 4.69) is 20.2 Å². The van der Waals surface area contributed by atoms with Crippen molar-refractivity contribution in [1.82, 2.24) is 15.2 Å². The zero-order valence-corrected chi connectivity index (χ0v) is 16.1. The van der Waals surface area contributed by atoms with E-state index in [1.54, 1.807) is 12.3 Å². The Balaban J connectivity index is 1.49. The molecule has 4 heterocycles. The maximum Gasteiger partial charge on any atom is 0.168 e. The van der Waals surface area contributed by atoms with Crippen LogP contribution in [-0.2, 0) is 0 Å². The highest BCUT2D eigenvalue weighted by Gasteiger charge is 2.31. The van der Waals surface area contributed by atoms with Crippen LogP contribution in [0, 0.1) is 11.6 Å². The van der Waals surface area contributed by atoms with Gasteiger partial charge >= 0.3 is 0 Å². The fraction of sp³-hybridized carbons (Fsp3) is 0.273. The van der Waals surface area contributed by atoms with Gasteiger partial charge in [-0.25, -0.2) is 13.8 Å². The van der Waals surface area contributed by atoms with Crippen LogP contribution in [0.3, 0.4) is 0 Å². The number of fused-ring (bicyclic) bond motifs is 1. The average Bonchev–Trinajstić information content (AvgIpc) is 3.49. The van der Waals surface area contributed by atoms with E-state index in [1.165, 1.54) is 12.3 Å². The van der Waals surface area contributed by atoms with Gasteiger partial charge in [-0.15, -0.1) is 0 Å². The molecule has 2 aliphatic heterocycles. The highest BCUT2D eigenvalue weighted by atomic mass is 19.1. The number of aromatic amines is 1. The van der Waals surface area contributed by atoms with Crippen molar-refractivity contribution in [1.29, 1.82) is 0 Å². The monoisotopic (exact) mass is 407 g/mol. The molecular weight excluding hydrogens is 388 g/mol. The predicted octanol–water partition coefficient (Wildman–Crippen LogP) is 4.16. The number of anilines is 1. The van der Waals surface area contributed by atoms with Crippen molar-refractivity contribution in [2.45, 2.75) is 25.3 Å². The first-order valence-corrected chi connectivity index (χ1v) is 9.87. The number of Topliss-reactive ketones (excluding diaryl/α,β-unsaturated/α-hetero) is 1. The average molecular weight is 407 g/mol. The largest absolute Gasteiger partial charge is 0.347 e. The molecule has 0 amide bonds. The number of benzene rings is 1. The van der Waals surface area contributed by atoms with Gasteiger partial charge in [0.1, 0.15) is 11.6 Å². The van der Waals surface area contributed by atoms with Gasteiger partial charge in [0.05, 0.1) is 18.0 Å². The standard InChI is InChI=1S/C22H19F2N5O/c23-15-3-4-18(24)16(10-15)19-2-1-7-29(19)22-17-9-14(12-26-21(17)27-28-22)20(30)8-13-5-6-25-11-13/h3-6,9-10,12,19H,1-2,7-8,11H2,(H,26,27,28)/t19-/m1/s1. The van der Waals surface area contributed by atoms with E-state index in [0.29, 0.717) is 53.9 Å². The quantitative estimate of drug-likeness (QED) is 0.645. The van der Waals surface area contributed by atoms with Crippen molar-refractivity contribution in [2.24, 2.45) is 4.99 Å². The van der Waals surface area contributed by atoms with Crippen LogP contribution >= 0.6 is 0 Å². The van der Waals surface area contributed by atoms with E-state index in [0.717, 1.165) is 24.1 Å². The van der Waals surface area contributed by atoms with E-state index < -0.39 is 11.6 Å². The Kier molecular flexibility index (Phi) is 4.61. The molecule has 0 radical (unpaired) electrons. The summed E-state index contributed by atoms with van der Waals surface area (Å²) in [5.41, 5.74) is 2.33. The topological polar surface area (TPSA) is 74.2 Å². The summed E-state index contributed by atoms with van der Waals surface area (Å²) >= 11 is 0. The third kappa shape index (κ3) is 3.28. The summed E-state index contributed by atoms with van der Waals surface area (Å²) in [6.45, 7) is 1.20. The Morgan fingerprint density at radius 2 is 2.17 bits per heavy atom. The Labute approximate surface area is 171 Å². The van der Waals surface area contributed by atoms with Gasteiger partial charge in [0.15, 0.2) is 17.2 Å². The minimum absolute atomic E-state index is 0.0394. The summed E-state index contributed by atoms with van der Waals surface area (Å²) in [5, 5.41) is 7.97. The van der Waals surface area contributed by atoms with Gasteiger partial charge in [0.25, 0.3) is 0 Å². The minimum atomic E-state index is -0.468. The molecule has 0 aliphatic carbocycles. The van der Waals surface area contributed by atoms with E-state index in [4.69, 9.17) is 0 Å². The number of rotatable bonds is 5. The van der Waals surface area contributed by atoms with Gasteiger partial charge < -0.3 is 4.90 Å². The molecule has 6 nitrogen and oxygen atoms in total. The van der Waals surface area contributed by atoms with Crippen molar-refractivity contribution < 1.29 is 13.6 Å². The van der Waals surface area contributed by atoms with Crippen molar-refractivity contribution in [2.75, 3.05) is 18.0 Å². The normalized spacial score (nSPS) is 18.4. The molecule has 1 aromatic carbocycles. The van der Waals surface area contributed by atoms with E-state index in [-0.39, 0.29) is 11.8 Å².